The summed E-state index contributed by atoms with van der Waals surface area (Å²) in [6.45, 7) is 0.614. The van der Waals surface area contributed by atoms with E-state index in [1.54, 1.807) is 0 Å². The Kier molecular flexibility index (Phi) is 7.10. The van der Waals surface area contributed by atoms with Crippen molar-refractivity contribution >= 4 is 58.3 Å². The summed E-state index contributed by atoms with van der Waals surface area (Å²) in [5, 5.41) is 5.70. The Labute approximate surface area is 95.9 Å². The Morgan fingerprint density at radius 1 is 1.36 bits per heavy atom. The Morgan fingerprint density at radius 2 is 1.91 bits per heavy atom. The van der Waals surface area contributed by atoms with Crippen LogP contribution in [0.3, 0.4) is 0 Å². The molecule has 7 heteroatoms. The van der Waals surface area contributed by atoms with Gasteiger partial charge in [-0.25, -0.2) is 0 Å². The number of nitrogens with one attached hydrogen (secondary N) is 2. The Bertz CT molecular complexity index is 162. The van der Waals surface area contributed by atoms with Gasteiger partial charge in [-0.05, 0) is 0 Å². The average Bonchev–Trinajstić information content (AvgIpc) is 1.82. The van der Waals surface area contributed by atoms with Crippen LogP contribution in [0.5, 0.6) is 0 Å². The summed E-state index contributed by atoms with van der Waals surface area (Å²) >= 11 is 20.5. The summed E-state index contributed by atoms with van der Waals surface area (Å²) in [6.07, 6.45) is 0. The van der Waals surface area contributed by atoms with Crippen molar-refractivity contribution in [3.8, 4) is 0 Å². The molecule has 0 rings (SSSR count). The van der Waals surface area contributed by atoms with E-state index in [0.29, 0.717) is 15.2 Å². The second kappa shape index (κ2) is 6.51. The van der Waals surface area contributed by atoms with Crippen LogP contribution in [-0.4, -0.2) is 20.1 Å². The third-order valence-corrected chi connectivity index (χ3v) is 1.67. The summed E-state index contributed by atoms with van der Waals surface area (Å²) in [4.78, 5) is 0.0256. The molecule has 0 aliphatic heterocycles. The molecule has 0 aromatic rings. The first-order valence-electron chi connectivity index (χ1n) is 2.62. The Morgan fingerprint density at radius 3 is 2.27 bits per heavy atom. The van der Waals surface area contributed by atoms with E-state index in [2.05, 4.69) is 64.1 Å². The fourth-order valence-corrected chi connectivity index (χ4v) is 1.36. The molecule has 0 saturated heterocycles. The van der Waals surface area contributed by atoms with E-state index in [1.807, 2.05) is 0 Å². The standard InChI is InChI=1S/C4H7N2S4.Mn/c7-3(8)5-1-2-6-4(9)10;/h1H,2H2,(H2,5,7,8)(H2,6,9,10);. The molecule has 1 atom stereocenters. The van der Waals surface area contributed by atoms with Crippen LogP contribution in [0.1, 0.15) is 0 Å². The third kappa shape index (κ3) is 8.91. The second-order valence-electron chi connectivity index (χ2n) is 1.60. The van der Waals surface area contributed by atoms with E-state index in [4.69, 9.17) is 12.2 Å². The summed E-state index contributed by atoms with van der Waals surface area (Å²) in [7, 11) is 0. The van der Waals surface area contributed by atoms with Crippen LogP contribution < -0.4 is 10.6 Å². The molecule has 0 amide bonds. The molecule has 1 unspecified atom stereocenters. The van der Waals surface area contributed by atoms with Crippen LogP contribution in [0.25, 0.3) is 0 Å². The molecule has 0 aromatic heterocycles. The molecule has 0 radical (unpaired) electrons. The minimum atomic E-state index is 0.0256. The van der Waals surface area contributed by atoms with Crippen molar-refractivity contribution in [2.45, 2.75) is 4.94 Å². The quantitative estimate of drug-likeness (QED) is 0.339. The van der Waals surface area contributed by atoms with E-state index in [1.165, 1.54) is 0 Å². The predicted octanol–water partition coefficient (Wildman–Crippen LogP) is 0.468. The van der Waals surface area contributed by atoms with Gasteiger partial charge in [0.05, 0.1) is 0 Å². The van der Waals surface area contributed by atoms with Gasteiger partial charge >= 0.3 is 96.5 Å². The van der Waals surface area contributed by atoms with Crippen LogP contribution in [0.4, 0.5) is 0 Å². The zero-order chi connectivity index (χ0) is 8.85. The van der Waals surface area contributed by atoms with Crippen LogP contribution in [0.2, 0.25) is 0 Å². The number of hydrogen-bond donors (Lipinski definition) is 4. The molecule has 0 bridgehead atoms. The van der Waals surface area contributed by atoms with Crippen molar-refractivity contribution in [2.24, 2.45) is 0 Å². The van der Waals surface area contributed by atoms with Gasteiger partial charge in [-0.15, -0.1) is 0 Å². The van der Waals surface area contributed by atoms with E-state index >= 15 is 0 Å². The first-order valence-corrected chi connectivity index (χ1v) is 5.02. The van der Waals surface area contributed by atoms with Crippen LogP contribution >= 0.6 is 49.7 Å². The van der Waals surface area contributed by atoms with E-state index in [-0.39, 0.29) is 4.94 Å². The van der Waals surface area contributed by atoms with Crippen molar-refractivity contribution in [2.75, 3.05) is 6.54 Å². The maximum absolute atomic E-state index is 4.70. The molecular formula is C4H7MnN2S4. The summed E-state index contributed by atoms with van der Waals surface area (Å²) in [5.74, 6) is 0. The van der Waals surface area contributed by atoms with Gasteiger partial charge in [0.15, 0.2) is 0 Å². The summed E-state index contributed by atoms with van der Waals surface area (Å²) in [5.41, 5.74) is 0. The summed E-state index contributed by atoms with van der Waals surface area (Å²) in [6, 6.07) is 0. The normalized spacial score (nSPS) is 11.9. The van der Waals surface area contributed by atoms with E-state index < -0.39 is 0 Å². The first-order chi connectivity index (χ1) is 5.02. The van der Waals surface area contributed by atoms with Crippen LogP contribution in [0.15, 0.2) is 0 Å². The topological polar surface area (TPSA) is 24.1 Å². The van der Waals surface area contributed by atoms with E-state index in [0.717, 1.165) is 0 Å². The fourth-order valence-electron chi connectivity index (χ4n) is 0.362. The molecule has 0 fully saturated rings. The maximum atomic E-state index is 4.70. The molecule has 2 nitrogen and oxygen atoms in total. The van der Waals surface area contributed by atoms with Crippen molar-refractivity contribution in [1.29, 1.82) is 0 Å². The molecule has 0 aliphatic carbocycles. The second-order valence-corrected chi connectivity index (χ2v) is 4.74. The number of rotatable bonds is 3. The van der Waals surface area contributed by atoms with Crippen molar-refractivity contribution in [3.05, 3.63) is 0 Å². The Balaban J connectivity index is 3.44. The van der Waals surface area contributed by atoms with Crippen molar-refractivity contribution in [3.63, 3.8) is 0 Å². The van der Waals surface area contributed by atoms with E-state index in [9.17, 15) is 0 Å². The minimum absolute atomic E-state index is 0.0256. The molecule has 0 spiro atoms. The van der Waals surface area contributed by atoms with Gasteiger partial charge in [0, 0.05) is 0 Å². The summed E-state index contributed by atoms with van der Waals surface area (Å²) < 4.78 is 0.903. The predicted molar refractivity (Wildman–Crippen MR) is 58.1 cm³/mol. The van der Waals surface area contributed by atoms with Crippen molar-refractivity contribution in [1.82, 2.24) is 10.6 Å². The molecule has 0 aliphatic rings. The van der Waals surface area contributed by atoms with Gasteiger partial charge in [0.2, 0.25) is 0 Å². The molecule has 2 N–H and O–H groups in total. The monoisotopic (exact) mass is 266 g/mol. The molecule has 64 valence electrons. The molecule has 11 heavy (non-hydrogen) atoms. The van der Waals surface area contributed by atoms with Gasteiger partial charge in [0.1, 0.15) is 0 Å². The van der Waals surface area contributed by atoms with Gasteiger partial charge in [-0.2, -0.15) is 0 Å². The SMILES string of the molecule is S=C(S)NC[CH]([Mn])NC(=S)S. The molecule has 0 aromatic carbocycles. The van der Waals surface area contributed by atoms with Crippen LogP contribution in [-0.2, 0) is 16.0 Å². The first kappa shape index (κ1) is 12.0. The van der Waals surface area contributed by atoms with Gasteiger partial charge in [-0.3, -0.25) is 0 Å². The van der Waals surface area contributed by atoms with Crippen molar-refractivity contribution < 1.29 is 16.0 Å². The number of thiocarbonyl (C=S) groups is 2. The molecule has 0 saturated carbocycles. The average molecular weight is 266 g/mol. The third-order valence-electron chi connectivity index (χ3n) is 0.713. The zero-order valence-electron chi connectivity index (χ0n) is 5.37. The molecule has 0 heterocycles. The molecular weight excluding hydrogens is 259 g/mol. The van der Waals surface area contributed by atoms with Crippen LogP contribution in [0, 0.1) is 0 Å². The van der Waals surface area contributed by atoms with Gasteiger partial charge in [-0.1, -0.05) is 0 Å². The Hall–Kier alpha value is 0.999. The van der Waals surface area contributed by atoms with Gasteiger partial charge in [0.25, 0.3) is 0 Å². The number of thiol groups is 2. The zero-order valence-corrected chi connectivity index (χ0v) is 9.98. The number of hydrogen-bond acceptors (Lipinski definition) is 2. The van der Waals surface area contributed by atoms with Gasteiger partial charge < -0.3 is 0 Å². The fraction of sp³-hybridized carbons (Fsp3) is 0.500.